The summed E-state index contributed by atoms with van der Waals surface area (Å²) in [6.07, 6.45) is 1.81. The lowest BCUT2D eigenvalue weighted by molar-refractivity contribution is 0.267. The highest BCUT2D eigenvalue weighted by Crippen LogP contribution is 2.45. The second kappa shape index (κ2) is 5.43. The molecule has 1 aromatic carbocycles. The first-order chi connectivity index (χ1) is 9.95. The largest absolute Gasteiger partial charge is 0.339 e. The minimum atomic E-state index is 0.178. The van der Waals surface area contributed by atoms with Crippen molar-refractivity contribution in [2.24, 2.45) is 5.41 Å². The smallest absolute Gasteiger partial charge is 0.227 e. The molecule has 2 aromatic rings. The lowest BCUT2D eigenvalue weighted by atomic mass is 9.85. The van der Waals surface area contributed by atoms with Gasteiger partial charge < -0.3 is 9.84 Å². The van der Waals surface area contributed by atoms with Gasteiger partial charge in [-0.15, -0.1) is 0 Å². The highest BCUT2D eigenvalue weighted by atomic mass is 35.5. The minimum Gasteiger partial charge on any atom is -0.339 e. The molecule has 0 radical (unpaired) electrons. The molecule has 3 rings (SSSR count). The molecule has 0 amide bonds. The van der Waals surface area contributed by atoms with Gasteiger partial charge in [0, 0.05) is 24.0 Å². The van der Waals surface area contributed by atoms with E-state index in [4.69, 9.17) is 16.1 Å². The third-order valence-electron chi connectivity index (χ3n) is 4.10. The molecule has 0 saturated carbocycles. The van der Waals surface area contributed by atoms with E-state index < -0.39 is 0 Å². The van der Waals surface area contributed by atoms with E-state index >= 15 is 0 Å². The maximum Gasteiger partial charge on any atom is 0.227 e. The van der Waals surface area contributed by atoms with Gasteiger partial charge in [0.25, 0.3) is 0 Å². The summed E-state index contributed by atoms with van der Waals surface area (Å²) < 4.78 is 5.15. The number of benzene rings is 1. The number of nitrogens with one attached hydrogen (secondary N) is 1. The van der Waals surface area contributed by atoms with Crippen molar-refractivity contribution in [3.8, 4) is 0 Å². The van der Waals surface area contributed by atoms with Gasteiger partial charge >= 0.3 is 0 Å². The summed E-state index contributed by atoms with van der Waals surface area (Å²) >= 11 is 6.15. The number of hydrogen-bond acceptors (Lipinski definition) is 4. The number of fused-ring (bicyclic) bond motifs is 1. The summed E-state index contributed by atoms with van der Waals surface area (Å²) in [6.45, 7) is 7.21. The molecule has 1 N–H and O–H groups in total. The summed E-state index contributed by atoms with van der Waals surface area (Å²) in [7, 11) is 0. The highest BCUT2D eigenvalue weighted by Gasteiger charge is 2.38. The quantitative estimate of drug-likeness (QED) is 0.939. The molecule has 5 heteroatoms. The van der Waals surface area contributed by atoms with Crippen molar-refractivity contribution in [2.45, 2.75) is 39.7 Å². The number of aryl methyl sites for hydroxylation is 1. The van der Waals surface area contributed by atoms with Crippen molar-refractivity contribution in [1.82, 2.24) is 15.5 Å². The Labute approximate surface area is 129 Å². The van der Waals surface area contributed by atoms with Crippen molar-refractivity contribution >= 4 is 11.6 Å². The SMILES string of the molecule is Cc1noc(CCNC2c3cc(Cl)ccc3CC2(C)C)n1. The van der Waals surface area contributed by atoms with E-state index in [1.807, 2.05) is 13.0 Å². The summed E-state index contributed by atoms with van der Waals surface area (Å²) in [4.78, 5) is 4.23. The van der Waals surface area contributed by atoms with E-state index in [1.165, 1.54) is 11.1 Å². The molecule has 1 aliphatic rings. The predicted molar refractivity (Wildman–Crippen MR) is 82.4 cm³/mol. The first-order valence-electron chi connectivity index (χ1n) is 7.26. The van der Waals surface area contributed by atoms with Gasteiger partial charge in [-0.1, -0.05) is 36.7 Å². The fraction of sp³-hybridized carbons (Fsp3) is 0.500. The van der Waals surface area contributed by atoms with Gasteiger partial charge in [-0.3, -0.25) is 0 Å². The van der Waals surface area contributed by atoms with Crippen LogP contribution < -0.4 is 5.32 Å². The number of nitrogens with zero attached hydrogens (tertiary/aromatic N) is 2. The summed E-state index contributed by atoms with van der Waals surface area (Å²) in [5, 5.41) is 8.24. The van der Waals surface area contributed by atoms with Gasteiger partial charge in [0.1, 0.15) is 0 Å². The second-order valence-corrected chi connectivity index (χ2v) is 6.82. The molecule has 21 heavy (non-hydrogen) atoms. The molecule has 1 unspecified atom stereocenters. The Morgan fingerprint density at radius 2 is 2.24 bits per heavy atom. The van der Waals surface area contributed by atoms with Crippen molar-refractivity contribution in [3.63, 3.8) is 0 Å². The molecule has 1 atom stereocenters. The van der Waals surface area contributed by atoms with E-state index in [0.717, 1.165) is 24.4 Å². The molecule has 112 valence electrons. The van der Waals surface area contributed by atoms with E-state index in [-0.39, 0.29) is 5.41 Å². The Morgan fingerprint density at radius 3 is 2.95 bits per heavy atom. The number of hydrogen-bond donors (Lipinski definition) is 1. The van der Waals surface area contributed by atoms with Gasteiger partial charge in [-0.05, 0) is 42.0 Å². The highest BCUT2D eigenvalue weighted by molar-refractivity contribution is 6.30. The average molecular weight is 306 g/mol. The van der Waals surface area contributed by atoms with Gasteiger partial charge in [-0.25, -0.2) is 0 Å². The van der Waals surface area contributed by atoms with Crippen LogP contribution >= 0.6 is 11.6 Å². The van der Waals surface area contributed by atoms with E-state index in [2.05, 4.69) is 41.4 Å². The molecule has 0 bridgehead atoms. The Bertz CT molecular complexity index is 651. The molecule has 0 fully saturated rings. The normalized spacial score (nSPS) is 19.7. The van der Waals surface area contributed by atoms with Crippen LogP contribution in [0.2, 0.25) is 5.02 Å². The number of rotatable bonds is 4. The fourth-order valence-electron chi connectivity index (χ4n) is 3.16. The standard InChI is InChI=1S/C16H20ClN3O/c1-10-19-14(21-20-10)6-7-18-15-13-8-12(17)5-4-11(13)9-16(15,2)3/h4-5,8,15,18H,6-7,9H2,1-3H3. The summed E-state index contributed by atoms with van der Waals surface area (Å²) in [5.74, 6) is 1.37. The van der Waals surface area contributed by atoms with Crippen LogP contribution in [-0.4, -0.2) is 16.7 Å². The zero-order valence-corrected chi connectivity index (χ0v) is 13.4. The van der Waals surface area contributed by atoms with Gasteiger partial charge in [-0.2, -0.15) is 4.98 Å². The Morgan fingerprint density at radius 1 is 1.43 bits per heavy atom. The van der Waals surface area contributed by atoms with Gasteiger partial charge in [0.2, 0.25) is 5.89 Å². The Hall–Kier alpha value is -1.39. The maximum atomic E-state index is 6.15. The van der Waals surface area contributed by atoms with Crippen LogP contribution in [0.4, 0.5) is 0 Å². The molecule has 1 aromatic heterocycles. The van der Waals surface area contributed by atoms with Crippen LogP contribution in [0.15, 0.2) is 22.7 Å². The first kappa shape index (κ1) is 14.5. The average Bonchev–Trinajstić information content (AvgIpc) is 2.92. The van der Waals surface area contributed by atoms with Crippen LogP contribution in [0.3, 0.4) is 0 Å². The van der Waals surface area contributed by atoms with Gasteiger partial charge in [0.15, 0.2) is 5.82 Å². The van der Waals surface area contributed by atoms with Crippen LogP contribution in [0.5, 0.6) is 0 Å². The van der Waals surface area contributed by atoms with Crippen molar-refractivity contribution in [1.29, 1.82) is 0 Å². The Kier molecular flexibility index (Phi) is 3.76. The monoisotopic (exact) mass is 305 g/mol. The molecule has 4 nitrogen and oxygen atoms in total. The predicted octanol–water partition coefficient (Wildman–Crippen LogP) is 3.49. The summed E-state index contributed by atoms with van der Waals surface area (Å²) in [6, 6.07) is 6.50. The van der Waals surface area contributed by atoms with Crippen molar-refractivity contribution < 1.29 is 4.52 Å². The fourth-order valence-corrected chi connectivity index (χ4v) is 3.34. The zero-order valence-electron chi connectivity index (χ0n) is 12.6. The lowest BCUT2D eigenvalue weighted by Gasteiger charge is -2.28. The minimum absolute atomic E-state index is 0.178. The molecule has 0 spiro atoms. The zero-order chi connectivity index (χ0) is 15.0. The third-order valence-corrected chi connectivity index (χ3v) is 4.34. The molecule has 0 saturated heterocycles. The molecule has 0 aliphatic heterocycles. The first-order valence-corrected chi connectivity index (χ1v) is 7.64. The third kappa shape index (κ3) is 2.97. The van der Waals surface area contributed by atoms with E-state index in [9.17, 15) is 0 Å². The van der Waals surface area contributed by atoms with Crippen LogP contribution in [-0.2, 0) is 12.8 Å². The van der Waals surface area contributed by atoms with Crippen molar-refractivity contribution in [3.05, 3.63) is 46.1 Å². The lowest BCUT2D eigenvalue weighted by Crippen LogP contribution is -2.32. The molecular weight excluding hydrogens is 286 g/mol. The van der Waals surface area contributed by atoms with Gasteiger partial charge in [0.05, 0.1) is 0 Å². The second-order valence-electron chi connectivity index (χ2n) is 6.38. The summed E-state index contributed by atoms with van der Waals surface area (Å²) in [5.41, 5.74) is 2.88. The maximum absolute atomic E-state index is 6.15. The van der Waals surface area contributed by atoms with Crippen molar-refractivity contribution in [2.75, 3.05) is 6.54 Å². The topological polar surface area (TPSA) is 51.0 Å². The Balaban J connectivity index is 1.71. The van der Waals surface area contributed by atoms with E-state index in [0.29, 0.717) is 17.8 Å². The molecule has 1 aliphatic carbocycles. The number of aromatic nitrogens is 2. The number of halogens is 1. The molecular formula is C16H20ClN3O. The van der Waals surface area contributed by atoms with Crippen LogP contribution in [0, 0.1) is 12.3 Å². The van der Waals surface area contributed by atoms with E-state index in [1.54, 1.807) is 0 Å². The molecule has 1 heterocycles. The van der Waals surface area contributed by atoms with Crippen LogP contribution in [0.1, 0.15) is 42.7 Å². The van der Waals surface area contributed by atoms with Crippen LogP contribution in [0.25, 0.3) is 0 Å².